The Morgan fingerprint density at radius 1 is 1.53 bits per heavy atom. The number of hydrogen-bond donors (Lipinski definition) is 2. The van der Waals surface area contributed by atoms with Crippen LogP contribution >= 0.6 is 0 Å². The predicted octanol–water partition coefficient (Wildman–Crippen LogP) is 1.81. The fraction of sp³-hybridized carbons (Fsp3) is 0.917. The molecule has 1 saturated carbocycles. The summed E-state index contributed by atoms with van der Waals surface area (Å²) in [5.41, 5.74) is 5.89. The van der Waals surface area contributed by atoms with E-state index in [2.05, 4.69) is 19.2 Å². The maximum atomic E-state index is 11.8. The number of rotatable bonds is 5. The van der Waals surface area contributed by atoms with Crippen LogP contribution in [0.4, 0.5) is 0 Å². The lowest BCUT2D eigenvalue weighted by Gasteiger charge is -2.19. The first-order valence-corrected chi connectivity index (χ1v) is 6.21. The summed E-state index contributed by atoms with van der Waals surface area (Å²) in [5.74, 6) is 0.234. The maximum Gasteiger partial charge on any atom is 0.224 e. The van der Waals surface area contributed by atoms with Crippen molar-refractivity contribution in [3.63, 3.8) is 0 Å². The van der Waals surface area contributed by atoms with E-state index >= 15 is 0 Å². The largest absolute Gasteiger partial charge is 0.353 e. The average Bonchev–Trinajstić information content (AvgIpc) is 2.61. The number of unbranched alkanes of at least 4 members (excludes halogenated alkanes) is 1. The molecule has 0 heterocycles. The molecule has 3 N–H and O–H groups in total. The molecule has 0 saturated heterocycles. The fourth-order valence-electron chi connectivity index (χ4n) is 2.25. The molecule has 3 unspecified atom stereocenters. The Bertz CT molecular complexity index is 206. The van der Waals surface area contributed by atoms with E-state index in [1.165, 1.54) is 12.8 Å². The third-order valence-corrected chi connectivity index (χ3v) is 3.29. The van der Waals surface area contributed by atoms with Crippen LogP contribution in [-0.4, -0.2) is 18.0 Å². The third kappa shape index (κ3) is 3.82. The average molecular weight is 212 g/mol. The molecule has 15 heavy (non-hydrogen) atoms. The van der Waals surface area contributed by atoms with Crippen LogP contribution in [-0.2, 0) is 4.79 Å². The fourth-order valence-corrected chi connectivity index (χ4v) is 2.25. The number of nitrogens with one attached hydrogen (secondary N) is 1. The van der Waals surface area contributed by atoms with Gasteiger partial charge in [0, 0.05) is 12.1 Å². The van der Waals surface area contributed by atoms with Crippen LogP contribution < -0.4 is 11.1 Å². The highest BCUT2D eigenvalue weighted by molar-refractivity contribution is 5.79. The molecule has 0 aromatic carbocycles. The smallest absolute Gasteiger partial charge is 0.224 e. The molecule has 0 bridgehead atoms. The van der Waals surface area contributed by atoms with Crippen molar-refractivity contribution >= 4 is 5.91 Å². The molecule has 1 amide bonds. The van der Waals surface area contributed by atoms with Gasteiger partial charge in [0.1, 0.15) is 0 Å². The van der Waals surface area contributed by atoms with Crippen molar-refractivity contribution in [1.82, 2.24) is 5.32 Å². The molecule has 88 valence electrons. The van der Waals surface area contributed by atoms with Gasteiger partial charge in [-0.3, -0.25) is 4.79 Å². The predicted molar refractivity (Wildman–Crippen MR) is 62.4 cm³/mol. The topological polar surface area (TPSA) is 55.1 Å². The number of carbonyl (C=O) groups excluding carboxylic acids is 1. The summed E-state index contributed by atoms with van der Waals surface area (Å²) in [6.07, 6.45) is 6.50. The van der Waals surface area contributed by atoms with Crippen molar-refractivity contribution in [2.24, 2.45) is 11.7 Å². The lowest BCUT2D eigenvalue weighted by molar-refractivity contribution is -0.125. The van der Waals surface area contributed by atoms with Crippen LogP contribution in [0.1, 0.15) is 52.4 Å². The minimum absolute atomic E-state index is 0.0640. The van der Waals surface area contributed by atoms with Crippen molar-refractivity contribution in [3.05, 3.63) is 0 Å². The van der Waals surface area contributed by atoms with Crippen LogP contribution in [0.25, 0.3) is 0 Å². The zero-order valence-corrected chi connectivity index (χ0v) is 9.96. The number of hydrogen-bond acceptors (Lipinski definition) is 2. The molecule has 1 aliphatic carbocycles. The minimum Gasteiger partial charge on any atom is -0.353 e. The van der Waals surface area contributed by atoms with Crippen LogP contribution in [0.2, 0.25) is 0 Å². The van der Waals surface area contributed by atoms with Gasteiger partial charge in [-0.25, -0.2) is 0 Å². The van der Waals surface area contributed by atoms with Gasteiger partial charge >= 0.3 is 0 Å². The highest BCUT2D eigenvalue weighted by atomic mass is 16.2. The molecule has 3 nitrogen and oxygen atoms in total. The van der Waals surface area contributed by atoms with E-state index in [0.29, 0.717) is 6.04 Å². The van der Waals surface area contributed by atoms with E-state index in [4.69, 9.17) is 5.73 Å². The number of carbonyl (C=O) groups is 1. The summed E-state index contributed by atoms with van der Waals surface area (Å²) in [4.78, 5) is 11.8. The second-order valence-electron chi connectivity index (χ2n) is 4.75. The Labute approximate surface area is 92.8 Å². The summed E-state index contributed by atoms with van der Waals surface area (Å²) in [6.45, 7) is 4.25. The number of nitrogens with two attached hydrogens (primary N) is 1. The van der Waals surface area contributed by atoms with Crippen molar-refractivity contribution in [1.29, 1.82) is 0 Å². The second kappa shape index (κ2) is 6.11. The Balaban J connectivity index is 2.28. The van der Waals surface area contributed by atoms with E-state index in [-0.39, 0.29) is 17.9 Å². The first kappa shape index (κ1) is 12.5. The van der Waals surface area contributed by atoms with Gasteiger partial charge in [0.15, 0.2) is 0 Å². The van der Waals surface area contributed by atoms with E-state index in [1.54, 1.807) is 0 Å². The third-order valence-electron chi connectivity index (χ3n) is 3.29. The molecule has 0 aliphatic heterocycles. The summed E-state index contributed by atoms with van der Waals surface area (Å²) in [6, 6.07) is 0.383. The van der Waals surface area contributed by atoms with Gasteiger partial charge in [-0.1, -0.05) is 26.2 Å². The first-order chi connectivity index (χ1) is 7.15. The van der Waals surface area contributed by atoms with Gasteiger partial charge in [0.2, 0.25) is 5.91 Å². The molecule has 1 fully saturated rings. The molecule has 1 rings (SSSR count). The van der Waals surface area contributed by atoms with Crippen LogP contribution in [0.15, 0.2) is 0 Å². The van der Waals surface area contributed by atoms with Crippen LogP contribution in [0.3, 0.4) is 0 Å². The summed E-state index contributed by atoms with van der Waals surface area (Å²) in [7, 11) is 0. The summed E-state index contributed by atoms with van der Waals surface area (Å²) in [5, 5.41) is 3.07. The molecular weight excluding hydrogens is 188 g/mol. The zero-order valence-electron chi connectivity index (χ0n) is 9.96. The zero-order chi connectivity index (χ0) is 11.3. The van der Waals surface area contributed by atoms with Gasteiger partial charge in [-0.05, 0) is 26.2 Å². The molecule has 3 atom stereocenters. The molecule has 0 aromatic heterocycles. The van der Waals surface area contributed by atoms with E-state index in [1.807, 2.05) is 0 Å². The van der Waals surface area contributed by atoms with E-state index < -0.39 is 0 Å². The van der Waals surface area contributed by atoms with Crippen molar-refractivity contribution in [2.75, 3.05) is 0 Å². The minimum atomic E-state index is 0.0640. The first-order valence-electron chi connectivity index (χ1n) is 6.21. The Kier molecular flexibility index (Phi) is 5.09. The highest BCUT2D eigenvalue weighted by Crippen LogP contribution is 2.24. The summed E-state index contributed by atoms with van der Waals surface area (Å²) < 4.78 is 0. The highest BCUT2D eigenvalue weighted by Gasteiger charge is 2.30. The molecule has 0 spiro atoms. The molecule has 3 heteroatoms. The van der Waals surface area contributed by atoms with Crippen molar-refractivity contribution in [2.45, 2.75) is 64.5 Å². The molecule has 0 radical (unpaired) electrons. The van der Waals surface area contributed by atoms with Gasteiger partial charge in [-0.2, -0.15) is 0 Å². The Hall–Kier alpha value is -0.570. The normalized spacial score (nSPS) is 27.7. The van der Waals surface area contributed by atoms with Crippen LogP contribution in [0.5, 0.6) is 0 Å². The Morgan fingerprint density at radius 2 is 2.27 bits per heavy atom. The quantitative estimate of drug-likeness (QED) is 0.730. The van der Waals surface area contributed by atoms with Crippen molar-refractivity contribution in [3.8, 4) is 0 Å². The summed E-state index contributed by atoms with van der Waals surface area (Å²) >= 11 is 0. The van der Waals surface area contributed by atoms with Crippen molar-refractivity contribution < 1.29 is 4.79 Å². The standard InChI is InChI=1S/C12H24N2O/c1-3-4-6-9(2)14-12(15)10-7-5-8-11(10)13/h9-11H,3-8,13H2,1-2H3,(H,14,15). The maximum absolute atomic E-state index is 11.8. The Morgan fingerprint density at radius 3 is 2.80 bits per heavy atom. The van der Waals surface area contributed by atoms with Gasteiger partial charge in [-0.15, -0.1) is 0 Å². The van der Waals surface area contributed by atoms with Gasteiger partial charge < -0.3 is 11.1 Å². The molecule has 1 aliphatic rings. The lowest BCUT2D eigenvalue weighted by Crippen LogP contribution is -2.42. The van der Waals surface area contributed by atoms with E-state index in [9.17, 15) is 4.79 Å². The molecular formula is C12H24N2O. The molecule has 0 aromatic rings. The lowest BCUT2D eigenvalue weighted by atomic mass is 10.0. The van der Waals surface area contributed by atoms with Gasteiger partial charge in [0.25, 0.3) is 0 Å². The monoisotopic (exact) mass is 212 g/mol. The second-order valence-corrected chi connectivity index (χ2v) is 4.75. The van der Waals surface area contributed by atoms with Gasteiger partial charge in [0.05, 0.1) is 5.92 Å². The van der Waals surface area contributed by atoms with E-state index in [0.717, 1.165) is 25.7 Å². The van der Waals surface area contributed by atoms with Crippen LogP contribution in [0, 0.1) is 5.92 Å². The number of amides is 1. The SMILES string of the molecule is CCCCC(C)NC(=O)C1CCCC1N.